The van der Waals surface area contributed by atoms with Crippen LogP contribution < -0.4 is 0 Å². The highest BCUT2D eigenvalue weighted by Gasteiger charge is 2.16. The monoisotopic (exact) mass is 224 g/mol. The molecule has 2 rings (SSSR count). The molecule has 0 fully saturated rings. The molecule has 86 valence electrons. The van der Waals surface area contributed by atoms with Crippen molar-refractivity contribution in [3.8, 4) is 0 Å². The fourth-order valence-electron chi connectivity index (χ4n) is 2.03. The lowest BCUT2D eigenvalue weighted by Crippen LogP contribution is -2.11. The van der Waals surface area contributed by atoms with E-state index in [1.165, 1.54) is 5.56 Å². The molecule has 0 unspecified atom stereocenters. The van der Waals surface area contributed by atoms with Crippen LogP contribution in [0, 0.1) is 0 Å². The summed E-state index contributed by atoms with van der Waals surface area (Å²) in [6.45, 7) is 1.67. The molecule has 0 bridgehead atoms. The third-order valence-electron chi connectivity index (χ3n) is 2.98. The van der Waals surface area contributed by atoms with E-state index in [0.29, 0.717) is 0 Å². The topological polar surface area (TPSA) is 17.1 Å². The number of rotatable bonds is 4. The predicted molar refractivity (Wildman–Crippen MR) is 70.0 cm³/mol. The minimum absolute atomic E-state index is 0.0291. The molecule has 0 aromatic heterocycles. The molecule has 2 aromatic carbocycles. The van der Waals surface area contributed by atoms with Gasteiger partial charge in [0.25, 0.3) is 0 Å². The smallest absolute Gasteiger partial charge is 0.137 e. The van der Waals surface area contributed by atoms with Gasteiger partial charge >= 0.3 is 0 Å². The normalized spacial score (nSPS) is 12.1. The van der Waals surface area contributed by atoms with Crippen LogP contribution in [-0.2, 0) is 11.2 Å². The van der Waals surface area contributed by atoms with Crippen LogP contribution in [0.3, 0.4) is 0 Å². The summed E-state index contributed by atoms with van der Waals surface area (Å²) in [5.74, 6) is 0.193. The van der Waals surface area contributed by atoms with Crippen molar-refractivity contribution in [3.63, 3.8) is 0 Å². The summed E-state index contributed by atoms with van der Waals surface area (Å²) >= 11 is 0. The van der Waals surface area contributed by atoms with Crippen molar-refractivity contribution >= 4 is 5.78 Å². The Hall–Kier alpha value is -1.89. The van der Waals surface area contributed by atoms with Crippen molar-refractivity contribution in [3.05, 3.63) is 71.8 Å². The molecule has 0 amide bonds. The molecule has 1 atom stereocenters. The lowest BCUT2D eigenvalue weighted by molar-refractivity contribution is -0.118. The summed E-state index contributed by atoms with van der Waals surface area (Å²) in [6.07, 6.45) is 0.778. The first-order valence-electron chi connectivity index (χ1n) is 5.86. The Balaban J connectivity index is 2.23. The van der Waals surface area contributed by atoms with Crippen LogP contribution in [-0.4, -0.2) is 5.78 Å². The van der Waals surface area contributed by atoms with Gasteiger partial charge in [0.1, 0.15) is 5.78 Å². The van der Waals surface area contributed by atoms with E-state index in [-0.39, 0.29) is 11.7 Å². The lowest BCUT2D eigenvalue weighted by atomic mass is 9.89. The zero-order chi connectivity index (χ0) is 12.1. The maximum Gasteiger partial charge on any atom is 0.137 e. The molecular formula is C16H16O. The molecule has 2 aromatic rings. The van der Waals surface area contributed by atoms with Gasteiger partial charge in [-0.3, -0.25) is 4.79 Å². The Labute approximate surface area is 102 Å². The standard InChI is InChI=1S/C16H16O/c1-13(17)16(15-10-6-3-7-11-15)12-14-8-4-2-5-9-14/h2-11,16H,12H2,1H3/t16-/m0/s1. The number of benzene rings is 2. The third-order valence-corrected chi connectivity index (χ3v) is 2.98. The highest BCUT2D eigenvalue weighted by Crippen LogP contribution is 2.21. The summed E-state index contributed by atoms with van der Waals surface area (Å²) in [5.41, 5.74) is 2.31. The Bertz CT molecular complexity index is 473. The van der Waals surface area contributed by atoms with Gasteiger partial charge in [0.05, 0.1) is 0 Å². The van der Waals surface area contributed by atoms with Crippen LogP contribution >= 0.6 is 0 Å². The molecule has 0 N–H and O–H groups in total. The SMILES string of the molecule is CC(=O)[C@H](Cc1ccccc1)c1ccccc1. The van der Waals surface area contributed by atoms with Gasteiger partial charge in [0.2, 0.25) is 0 Å². The van der Waals surface area contributed by atoms with Gasteiger partial charge in [-0.2, -0.15) is 0 Å². The molecule has 17 heavy (non-hydrogen) atoms. The van der Waals surface area contributed by atoms with Crippen LogP contribution in [0.4, 0.5) is 0 Å². The summed E-state index contributed by atoms with van der Waals surface area (Å²) in [5, 5.41) is 0. The van der Waals surface area contributed by atoms with E-state index >= 15 is 0 Å². The van der Waals surface area contributed by atoms with Crippen molar-refractivity contribution in [2.45, 2.75) is 19.3 Å². The van der Waals surface area contributed by atoms with Crippen LogP contribution in [0.2, 0.25) is 0 Å². The minimum atomic E-state index is -0.0291. The van der Waals surface area contributed by atoms with Crippen LogP contribution in [0.5, 0.6) is 0 Å². The fourth-order valence-corrected chi connectivity index (χ4v) is 2.03. The minimum Gasteiger partial charge on any atom is -0.299 e. The van der Waals surface area contributed by atoms with Gasteiger partial charge in [-0.15, -0.1) is 0 Å². The van der Waals surface area contributed by atoms with Gasteiger partial charge in [-0.1, -0.05) is 60.7 Å². The van der Waals surface area contributed by atoms with Crippen LogP contribution in [0.25, 0.3) is 0 Å². The molecular weight excluding hydrogens is 208 g/mol. The molecule has 1 heteroatoms. The van der Waals surface area contributed by atoms with Gasteiger partial charge in [0, 0.05) is 5.92 Å². The second-order valence-corrected chi connectivity index (χ2v) is 4.26. The maximum absolute atomic E-state index is 11.7. The highest BCUT2D eigenvalue weighted by molar-refractivity contribution is 5.83. The summed E-state index contributed by atoms with van der Waals surface area (Å²) in [7, 11) is 0. The van der Waals surface area contributed by atoms with E-state index in [4.69, 9.17) is 0 Å². The van der Waals surface area contributed by atoms with Crippen molar-refractivity contribution in [2.75, 3.05) is 0 Å². The number of Topliss-reactive ketones (excluding diaryl/α,β-unsaturated/α-hetero) is 1. The van der Waals surface area contributed by atoms with Crippen molar-refractivity contribution in [1.82, 2.24) is 0 Å². The van der Waals surface area contributed by atoms with E-state index in [9.17, 15) is 4.79 Å². The van der Waals surface area contributed by atoms with E-state index in [1.807, 2.05) is 48.5 Å². The molecule has 0 heterocycles. The molecule has 0 spiro atoms. The zero-order valence-corrected chi connectivity index (χ0v) is 9.97. The maximum atomic E-state index is 11.7. The quantitative estimate of drug-likeness (QED) is 0.775. The number of carbonyl (C=O) groups excluding carboxylic acids is 1. The Morgan fingerprint density at radius 2 is 1.47 bits per heavy atom. The molecule has 0 radical (unpaired) electrons. The second kappa shape index (κ2) is 5.44. The van der Waals surface area contributed by atoms with Crippen molar-refractivity contribution in [2.24, 2.45) is 0 Å². The number of hydrogen-bond acceptors (Lipinski definition) is 1. The molecule has 0 saturated heterocycles. The second-order valence-electron chi connectivity index (χ2n) is 4.26. The largest absolute Gasteiger partial charge is 0.299 e. The van der Waals surface area contributed by atoms with E-state index < -0.39 is 0 Å². The summed E-state index contributed by atoms with van der Waals surface area (Å²) in [6, 6.07) is 20.1. The summed E-state index contributed by atoms with van der Waals surface area (Å²) in [4.78, 5) is 11.7. The molecule has 0 aliphatic carbocycles. The van der Waals surface area contributed by atoms with Gasteiger partial charge in [-0.05, 0) is 24.5 Å². The molecule has 0 saturated carbocycles. The van der Waals surface area contributed by atoms with Crippen molar-refractivity contribution < 1.29 is 4.79 Å². The average molecular weight is 224 g/mol. The highest BCUT2D eigenvalue weighted by atomic mass is 16.1. The first-order chi connectivity index (χ1) is 8.27. The Morgan fingerprint density at radius 1 is 0.941 bits per heavy atom. The Morgan fingerprint density at radius 3 is 2.00 bits per heavy atom. The molecule has 0 aliphatic rings. The van der Waals surface area contributed by atoms with E-state index in [1.54, 1.807) is 6.92 Å². The number of hydrogen-bond donors (Lipinski definition) is 0. The lowest BCUT2D eigenvalue weighted by Gasteiger charge is -2.14. The van der Waals surface area contributed by atoms with E-state index in [2.05, 4.69) is 12.1 Å². The predicted octanol–water partition coefficient (Wildman–Crippen LogP) is 3.60. The fraction of sp³-hybridized carbons (Fsp3) is 0.188. The van der Waals surface area contributed by atoms with Gasteiger partial charge < -0.3 is 0 Å². The van der Waals surface area contributed by atoms with Gasteiger partial charge in [-0.25, -0.2) is 0 Å². The molecule has 1 nitrogen and oxygen atoms in total. The molecule has 0 aliphatic heterocycles. The van der Waals surface area contributed by atoms with Crippen LogP contribution in [0.15, 0.2) is 60.7 Å². The van der Waals surface area contributed by atoms with E-state index in [0.717, 1.165) is 12.0 Å². The first kappa shape index (κ1) is 11.6. The van der Waals surface area contributed by atoms with Crippen LogP contribution in [0.1, 0.15) is 24.0 Å². The van der Waals surface area contributed by atoms with Gasteiger partial charge in [0.15, 0.2) is 0 Å². The zero-order valence-electron chi connectivity index (χ0n) is 9.97. The van der Waals surface area contributed by atoms with Crippen molar-refractivity contribution in [1.29, 1.82) is 0 Å². The first-order valence-corrected chi connectivity index (χ1v) is 5.86. The summed E-state index contributed by atoms with van der Waals surface area (Å²) < 4.78 is 0. The number of ketones is 1. The Kier molecular flexibility index (Phi) is 3.71. The average Bonchev–Trinajstić information content (AvgIpc) is 2.38. The number of carbonyl (C=O) groups is 1. The third kappa shape index (κ3) is 3.04.